The van der Waals surface area contributed by atoms with Crippen LogP contribution in [0.25, 0.3) is 0 Å². The second-order valence-corrected chi connectivity index (χ2v) is 4.05. The molecule has 2 aromatic rings. The highest BCUT2D eigenvalue weighted by molar-refractivity contribution is 5.89. The Balaban J connectivity index is 1.85. The van der Waals surface area contributed by atoms with Gasteiger partial charge in [0, 0.05) is 0 Å². The molecular formula is C15H11F3O3. The molecule has 6 heteroatoms. The molecule has 0 bridgehead atoms. The van der Waals surface area contributed by atoms with Crippen molar-refractivity contribution in [2.24, 2.45) is 0 Å². The first kappa shape index (κ1) is 14.9. The third-order valence-corrected chi connectivity index (χ3v) is 2.55. The molecular weight excluding hydrogens is 285 g/mol. The van der Waals surface area contributed by atoms with Gasteiger partial charge < -0.3 is 9.47 Å². The third kappa shape index (κ3) is 3.98. The van der Waals surface area contributed by atoms with Gasteiger partial charge in [-0.05, 0) is 24.3 Å². The Hall–Kier alpha value is -2.50. The smallest absolute Gasteiger partial charge is 0.338 e. The van der Waals surface area contributed by atoms with E-state index in [2.05, 4.69) is 0 Å². The number of benzene rings is 2. The van der Waals surface area contributed by atoms with Crippen LogP contribution in [-0.4, -0.2) is 19.2 Å². The highest BCUT2D eigenvalue weighted by Gasteiger charge is 2.15. The molecule has 0 radical (unpaired) electrons. The summed E-state index contributed by atoms with van der Waals surface area (Å²) < 4.78 is 48.7. The number of para-hydroxylation sites is 1. The van der Waals surface area contributed by atoms with Crippen LogP contribution in [0, 0.1) is 17.5 Å². The van der Waals surface area contributed by atoms with Gasteiger partial charge in [-0.15, -0.1) is 0 Å². The highest BCUT2D eigenvalue weighted by atomic mass is 19.2. The van der Waals surface area contributed by atoms with Crippen LogP contribution in [-0.2, 0) is 4.74 Å². The summed E-state index contributed by atoms with van der Waals surface area (Å²) >= 11 is 0. The van der Waals surface area contributed by atoms with Gasteiger partial charge in [0.25, 0.3) is 0 Å². The van der Waals surface area contributed by atoms with Crippen LogP contribution in [0.2, 0.25) is 0 Å². The maximum Gasteiger partial charge on any atom is 0.338 e. The van der Waals surface area contributed by atoms with Crippen LogP contribution in [0.5, 0.6) is 5.75 Å². The minimum atomic E-state index is -1.63. The van der Waals surface area contributed by atoms with Gasteiger partial charge in [0.05, 0.1) is 5.56 Å². The summed E-state index contributed by atoms with van der Waals surface area (Å²) in [5.41, 5.74) is -0.397. The fourth-order valence-electron chi connectivity index (χ4n) is 1.57. The van der Waals surface area contributed by atoms with E-state index in [0.717, 1.165) is 0 Å². The maximum atomic E-state index is 13.0. The van der Waals surface area contributed by atoms with Gasteiger partial charge in [0.2, 0.25) is 0 Å². The topological polar surface area (TPSA) is 35.5 Å². The van der Waals surface area contributed by atoms with Crippen molar-refractivity contribution < 1.29 is 27.4 Å². The second-order valence-electron chi connectivity index (χ2n) is 4.05. The van der Waals surface area contributed by atoms with Crippen LogP contribution in [0.4, 0.5) is 13.2 Å². The van der Waals surface area contributed by atoms with Gasteiger partial charge in [-0.2, -0.15) is 0 Å². The van der Waals surface area contributed by atoms with Crippen molar-refractivity contribution in [2.45, 2.75) is 0 Å². The summed E-state index contributed by atoms with van der Waals surface area (Å²) in [6, 6.07) is 10.0. The van der Waals surface area contributed by atoms with E-state index in [-0.39, 0.29) is 13.2 Å². The molecule has 0 aromatic heterocycles. The molecule has 0 saturated carbocycles. The molecule has 3 nitrogen and oxygen atoms in total. The van der Waals surface area contributed by atoms with Crippen molar-refractivity contribution in [2.75, 3.05) is 13.2 Å². The molecule has 0 unspecified atom stereocenters. The van der Waals surface area contributed by atoms with Gasteiger partial charge in [0.1, 0.15) is 19.0 Å². The number of carbonyl (C=O) groups is 1. The van der Waals surface area contributed by atoms with Crippen LogP contribution in [0.15, 0.2) is 42.5 Å². The Morgan fingerprint density at radius 1 is 0.952 bits per heavy atom. The molecule has 0 heterocycles. The van der Waals surface area contributed by atoms with Crippen molar-refractivity contribution in [3.8, 4) is 5.75 Å². The molecule has 2 rings (SSSR count). The zero-order chi connectivity index (χ0) is 15.2. The minimum absolute atomic E-state index is 0.0852. The number of carbonyl (C=O) groups excluding carboxylic acids is 1. The zero-order valence-electron chi connectivity index (χ0n) is 10.8. The molecule has 21 heavy (non-hydrogen) atoms. The number of ether oxygens (including phenoxy) is 2. The van der Waals surface area contributed by atoms with Gasteiger partial charge in [-0.3, -0.25) is 0 Å². The molecule has 0 fully saturated rings. The van der Waals surface area contributed by atoms with E-state index in [9.17, 15) is 18.0 Å². The van der Waals surface area contributed by atoms with E-state index in [1.165, 1.54) is 0 Å². The lowest BCUT2D eigenvalue weighted by molar-refractivity contribution is 0.0449. The number of hydrogen-bond donors (Lipinski definition) is 0. The normalized spacial score (nSPS) is 10.2. The summed E-state index contributed by atoms with van der Waals surface area (Å²) in [4.78, 5) is 11.5. The lowest BCUT2D eigenvalue weighted by Gasteiger charge is -2.07. The van der Waals surface area contributed by atoms with Gasteiger partial charge in [0.15, 0.2) is 17.5 Å². The quantitative estimate of drug-likeness (QED) is 0.482. The van der Waals surface area contributed by atoms with Crippen molar-refractivity contribution in [1.29, 1.82) is 0 Å². The van der Waals surface area contributed by atoms with Crippen LogP contribution < -0.4 is 4.74 Å². The molecule has 2 aromatic carbocycles. The van der Waals surface area contributed by atoms with Crippen LogP contribution in [0.3, 0.4) is 0 Å². The minimum Gasteiger partial charge on any atom is -0.490 e. The van der Waals surface area contributed by atoms with Crippen LogP contribution in [0.1, 0.15) is 10.4 Å². The fourth-order valence-corrected chi connectivity index (χ4v) is 1.57. The summed E-state index contributed by atoms with van der Waals surface area (Å²) in [6.07, 6.45) is 0. The Bertz CT molecular complexity index is 606. The number of hydrogen-bond acceptors (Lipinski definition) is 3. The van der Waals surface area contributed by atoms with E-state index in [1.807, 2.05) is 6.07 Å². The predicted octanol–water partition coefficient (Wildman–Crippen LogP) is 3.34. The molecule has 110 valence electrons. The summed E-state index contributed by atoms with van der Waals surface area (Å²) in [5, 5.41) is 0. The molecule has 0 aliphatic carbocycles. The van der Waals surface area contributed by atoms with Gasteiger partial charge in [-0.1, -0.05) is 18.2 Å². The lowest BCUT2D eigenvalue weighted by atomic mass is 10.2. The molecule has 0 aliphatic heterocycles. The number of halogens is 3. The first-order valence-corrected chi connectivity index (χ1v) is 6.07. The molecule has 0 N–H and O–H groups in total. The lowest BCUT2D eigenvalue weighted by Crippen LogP contribution is -2.13. The maximum absolute atomic E-state index is 13.0. The molecule has 0 saturated heterocycles. The Morgan fingerprint density at radius 3 is 2.19 bits per heavy atom. The summed E-state index contributed by atoms with van der Waals surface area (Å²) in [5.74, 6) is -4.86. The van der Waals surface area contributed by atoms with E-state index in [0.29, 0.717) is 17.9 Å². The first-order chi connectivity index (χ1) is 10.1. The third-order valence-electron chi connectivity index (χ3n) is 2.55. The Morgan fingerprint density at radius 2 is 1.57 bits per heavy atom. The van der Waals surface area contributed by atoms with Crippen molar-refractivity contribution in [1.82, 2.24) is 0 Å². The summed E-state index contributed by atoms with van der Waals surface area (Å²) in [7, 11) is 0. The van der Waals surface area contributed by atoms with E-state index in [4.69, 9.17) is 9.47 Å². The van der Waals surface area contributed by atoms with Crippen molar-refractivity contribution in [3.05, 3.63) is 65.5 Å². The summed E-state index contributed by atoms with van der Waals surface area (Å²) in [6.45, 7) is -0.0176. The standard InChI is InChI=1S/C15H11F3O3/c16-12-8-10(9-13(17)14(12)18)15(19)21-7-6-20-11-4-2-1-3-5-11/h1-5,8-9H,6-7H2. The zero-order valence-corrected chi connectivity index (χ0v) is 10.8. The molecule has 0 amide bonds. The van der Waals surface area contributed by atoms with Gasteiger partial charge in [-0.25, -0.2) is 18.0 Å². The second kappa shape index (κ2) is 6.78. The van der Waals surface area contributed by atoms with Crippen molar-refractivity contribution >= 4 is 5.97 Å². The Kier molecular flexibility index (Phi) is 4.81. The SMILES string of the molecule is O=C(OCCOc1ccccc1)c1cc(F)c(F)c(F)c1. The average Bonchev–Trinajstić information content (AvgIpc) is 2.49. The molecule has 0 aliphatic rings. The van der Waals surface area contributed by atoms with E-state index < -0.39 is 29.0 Å². The largest absolute Gasteiger partial charge is 0.490 e. The number of rotatable bonds is 5. The fraction of sp³-hybridized carbons (Fsp3) is 0.133. The van der Waals surface area contributed by atoms with Crippen LogP contribution >= 0.6 is 0 Å². The first-order valence-electron chi connectivity index (χ1n) is 6.07. The highest BCUT2D eigenvalue weighted by Crippen LogP contribution is 2.14. The van der Waals surface area contributed by atoms with E-state index >= 15 is 0 Å². The van der Waals surface area contributed by atoms with E-state index in [1.54, 1.807) is 24.3 Å². The molecule has 0 atom stereocenters. The van der Waals surface area contributed by atoms with Crippen molar-refractivity contribution in [3.63, 3.8) is 0 Å². The van der Waals surface area contributed by atoms with Gasteiger partial charge >= 0.3 is 5.97 Å². The molecule has 0 spiro atoms. The Labute approximate surface area is 118 Å². The number of esters is 1. The average molecular weight is 296 g/mol. The monoisotopic (exact) mass is 296 g/mol. The predicted molar refractivity (Wildman–Crippen MR) is 68.5 cm³/mol.